The van der Waals surface area contributed by atoms with Gasteiger partial charge >= 0.3 is 6.18 Å². The van der Waals surface area contributed by atoms with Gasteiger partial charge in [0.15, 0.2) is 17.7 Å². The van der Waals surface area contributed by atoms with Crippen LogP contribution in [-0.4, -0.2) is 35.6 Å². The highest BCUT2D eigenvalue weighted by Crippen LogP contribution is 2.37. The number of carbonyl (C=O) groups is 1. The van der Waals surface area contributed by atoms with E-state index in [4.69, 9.17) is 0 Å². The quantitative estimate of drug-likeness (QED) is 0.649. The van der Waals surface area contributed by atoms with Crippen molar-refractivity contribution in [3.8, 4) is 0 Å². The van der Waals surface area contributed by atoms with E-state index in [0.29, 0.717) is 17.0 Å². The molecule has 1 aliphatic heterocycles. The Balaban J connectivity index is 2.44. The lowest BCUT2D eigenvalue weighted by molar-refractivity contribution is -0.412. The highest BCUT2D eigenvalue weighted by Gasteiger charge is 2.46. The molecule has 0 radical (unpaired) electrons. The molecule has 0 aliphatic carbocycles. The molecular weight excluding hydrogens is 326 g/mol. The molecule has 2 rings (SSSR count). The standard InChI is InChI=1S/C14H14F6N2O/c1-6-7(11-8(15)2-3-9(16)12(11)17)4-10(21)13(23)22(6)5-14(18,19)20/h2-3,6-7,10H,4-5,21H2,1H3/p+1/t6-,7-,10+/m1/s1. The third-order valence-electron chi connectivity index (χ3n) is 4.04. The Bertz CT molecular complexity index is 618. The molecule has 1 saturated heterocycles. The van der Waals surface area contributed by atoms with Crippen LogP contribution < -0.4 is 5.73 Å². The van der Waals surface area contributed by atoms with Gasteiger partial charge in [-0.2, -0.15) is 13.2 Å². The minimum Gasteiger partial charge on any atom is -0.347 e. The third-order valence-corrected chi connectivity index (χ3v) is 4.04. The Morgan fingerprint density at radius 3 is 2.35 bits per heavy atom. The zero-order valence-electron chi connectivity index (χ0n) is 12.1. The van der Waals surface area contributed by atoms with Gasteiger partial charge in [0.05, 0.1) is 0 Å². The first-order valence-corrected chi connectivity index (χ1v) is 6.86. The molecule has 3 nitrogen and oxygen atoms in total. The summed E-state index contributed by atoms with van der Waals surface area (Å²) in [4.78, 5) is 12.4. The van der Waals surface area contributed by atoms with Gasteiger partial charge in [0.2, 0.25) is 0 Å². The summed E-state index contributed by atoms with van der Waals surface area (Å²) in [5.41, 5.74) is 2.81. The maximum atomic E-state index is 13.9. The maximum absolute atomic E-state index is 13.9. The van der Waals surface area contributed by atoms with E-state index in [1.165, 1.54) is 6.92 Å². The van der Waals surface area contributed by atoms with Crippen LogP contribution in [0, 0.1) is 17.5 Å². The number of alkyl halides is 3. The van der Waals surface area contributed by atoms with Crippen molar-refractivity contribution in [2.24, 2.45) is 0 Å². The molecular formula is C14H15F6N2O+. The number of quaternary nitrogens is 1. The van der Waals surface area contributed by atoms with E-state index in [1.807, 2.05) is 0 Å². The highest BCUT2D eigenvalue weighted by molar-refractivity contribution is 5.82. The summed E-state index contributed by atoms with van der Waals surface area (Å²) < 4.78 is 79.2. The normalized spacial score (nSPS) is 25.8. The van der Waals surface area contributed by atoms with Gasteiger partial charge in [0.1, 0.15) is 12.4 Å². The molecule has 0 saturated carbocycles. The van der Waals surface area contributed by atoms with Gasteiger partial charge in [-0.15, -0.1) is 0 Å². The molecule has 1 aromatic carbocycles. The first-order valence-electron chi connectivity index (χ1n) is 6.86. The van der Waals surface area contributed by atoms with Crippen molar-refractivity contribution in [2.45, 2.75) is 37.5 Å². The topological polar surface area (TPSA) is 48.0 Å². The van der Waals surface area contributed by atoms with Crippen LogP contribution in [0.5, 0.6) is 0 Å². The average Bonchev–Trinajstić information content (AvgIpc) is 2.44. The summed E-state index contributed by atoms with van der Waals surface area (Å²) >= 11 is 0. The number of carbonyl (C=O) groups excluding carboxylic acids is 1. The number of likely N-dealkylation sites (tertiary alicyclic amines) is 1. The molecule has 1 aromatic rings. The summed E-state index contributed by atoms with van der Waals surface area (Å²) in [7, 11) is 0. The Labute approximate surface area is 128 Å². The largest absolute Gasteiger partial charge is 0.406 e. The second-order valence-corrected chi connectivity index (χ2v) is 5.62. The SMILES string of the molecule is C[C@@H]1[C@H](c2c(F)ccc(F)c2F)C[C@H]([NH3+])C(=O)N1CC(F)(F)F. The van der Waals surface area contributed by atoms with Gasteiger partial charge < -0.3 is 10.6 Å². The van der Waals surface area contributed by atoms with E-state index in [-0.39, 0.29) is 6.42 Å². The lowest BCUT2D eigenvalue weighted by Crippen LogP contribution is -2.72. The third kappa shape index (κ3) is 3.44. The molecule has 1 amide bonds. The Morgan fingerprint density at radius 2 is 1.78 bits per heavy atom. The average molecular weight is 341 g/mol. The van der Waals surface area contributed by atoms with Crippen molar-refractivity contribution < 1.29 is 36.9 Å². The summed E-state index contributed by atoms with van der Waals surface area (Å²) in [6, 6.07) is -0.932. The molecule has 1 fully saturated rings. The van der Waals surface area contributed by atoms with Crippen molar-refractivity contribution in [1.82, 2.24) is 4.90 Å². The number of nitrogens with zero attached hydrogens (tertiary/aromatic N) is 1. The van der Waals surface area contributed by atoms with Gasteiger partial charge in [0, 0.05) is 23.9 Å². The van der Waals surface area contributed by atoms with Crippen molar-refractivity contribution >= 4 is 5.91 Å². The summed E-state index contributed by atoms with van der Waals surface area (Å²) in [6.45, 7) is -0.294. The van der Waals surface area contributed by atoms with Crippen molar-refractivity contribution in [2.75, 3.05) is 6.54 Å². The molecule has 0 bridgehead atoms. The second kappa shape index (κ2) is 6.03. The monoisotopic (exact) mass is 341 g/mol. The van der Waals surface area contributed by atoms with Crippen LogP contribution in [0.15, 0.2) is 12.1 Å². The van der Waals surface area contributed by atoms with Crippen LogP contribution in [-0.2, 0) is 4.79 Å². The predicted molar refractivity (Wildman–Crippen MR) is 67.6 cm³/mol. The van der Waals surface area contributed by atoms with E-state index in [2.05, 4.69) is 5.73 Å². The lowest BCUT2D eigenvalue weighted by atomic mass is 9.81. The van der Waals surface area contributed by atoms with E-state index in [9.17, 15) is 31.1 Å². The molecule has 0 spiro atoms. The van der Waals surface area contributed by atoms with Crippen molar-refractivity contribution in [3.05, 3.63) is 35.1 Å². The van der Waals surface area contributed by atoms with Crippen molar-refractivity contribution in [3.63, 3.8) is 0 Å². The molecule has 9 heteroatoms. The van der Waals surface area contributed by atoms with Crippen LogP contribution in [0.25, 0.3) is 0 Å². The predicted octanol–water partition coefficient (Wildman–Crippen LogP) is 1.98. The van der Waals surface area contributed by atoms with Gasteiger partial charge in [-0.3, -0.25) is 4.79 Å². The van der Waals surface area contributed by atoms with Gasteiger partial charge in [0.25, 0.3) is 5.91 Å². The zero-order chi connectivity index (χ0) is 17.5. The molecule has 23 heavy (non-hydrogen) atoms. The number of hydrogen-bond acceptors (Lipinski definition) is 1. The van der Waals surface area contributed by atoms with Gasteiger partial charge in [-0.05, 0) is 19.1 Å². The fourth-order valence-corrected chi connectivity index (χ4v) is 2.91. The Morgan fingerprint density at radius 1 is 1.22 bits per heavy atom. The van der Waals surface area contributed by atoms with Gasteiger partial charge in [-0.1, -0.05) is 0 Å². The van der Waals surface area contributed by atoms with Crippen LogP contribution in [0.2, 0.25) is 0 Å². The first kappa shape index (κ1) is 17.6. The van der Waals surface area contributed by atoms with E-state index >= 15 is 0 Å². The number of benzene rings is 1. The summed E-state index contributed by atoms with van der Waals surface area (Å²) in [5.74, 6) is -5.77. The van der Waals surface area contributed by atoms with Crippen LogP contribution in [0.4, 0.5) is 26.3 Å². The van der Waals surface area contributed by atoms with Crippen LogP contribution >= 0.6 is 0 Å². The summed E-state index contributed by atoms with van der Waals surface area (Å²) in [6.07, 6.45) is -4.82. The molecule has 1 aliphatic rings. The Hall–Kier alpha value is -1.77. The number of rotatable bonds is 2. The molecule has 3 N–H and O–H groups in total. The molecule has 128 valence electrons. The second-order valence-electron chi connectivity index (χ2n) is 5.62. The van der Waals surface area contributed by atoms with Crippen LogP contribution in [0.3, 0.4) is 0 Å². The number of piperidine rings is 1. The van der Waals surface area contributed by atoms with E-state index in [0.717, 1.165) is 0 Å². The number of halogens is 6. The number of amides is 1. The van der Waals surface area contributed by atoms with Crippen molar-refractivity contribution in [1.29, 1.82) is 0 Å². The van der Waals surface area contributed by atoms with E-state index < -0.39 is 59.6 Å². The maximum Gasteiger partial charge on any atom is 0.406 e. The van der Waals surface area contributed by atoms with Gasteiger partial charge in [-0.25, -0.2) is 13.2 Å². The fraction of sp³-hybridized carbons (Fsp3) is 0.500. The minimum absolute atomic E-state index is 0.161. The highest BCUT2D eigenvalue weighted by atomic mass is 19.4. The lowest BCUT2D eigenvalue weighted by Gasteiger charge is -2.41. The smallest absolute Gasteiger partial charge is 0.347 e. The van der Waals surface area contributed by atoms with Crippen LogP contribution in [0.1, 0.15) is 24.8 Å². The summed E-state index contributed by atoms with van der Waals surface area (Å²) in [5, 5.41) is 0. The van der Waals surface area contributed by atoms with E-state index in [1.54, 1.807) is 0 Å². The first-order chi connectivity index (χ1) is 10.5. The molecule has 0 aromatic heterocycles. The minimum atomic E-state index is -4.66. The molecule has 1 heterocycles. The fourth-order valence-electron chi connectivity index (χ4n) is 2.91. The molecule has 3 atom stereocenters. The number of hydrogen-bond donors (Lipinski definition) is 1. The Kier molecular flexibility index (Phi) is 4.61. The zero-order valence-corrected chi connectivity index (χ0v) is 12.1. The molecule has 0 unspecified atom stereocenters.